The molecule has 0 N–H and O–H groups in total. The van der Waals surface area contributed by atoms with E-state index in [1.165, 1.54) is 16.8 Å². The second-order valence-corrected chi connectivity index (χ2v) is 11.8. The number of aromatic nitrogens is 4. The molecule has 0 saturated carbocycles. The molecular weight excluding hydrogens is 479 g/mol. The van der Waals surface area contributed by atoms with Gasteiger partial charge in [0.15, 0.2) is 5.03 Å². The third-order valence-electron chi connectivity index (χ3n) is 6.73. The fourth-order valence-electron chi connectivity index (χ4n) is 5.00. The summed E-state index contributed by atoms with van der Waals surface area (Å²) in [6.07, 6.45) is 3.45. The smallest absolute Gasteiger partial charge is 0.262 e. The molecule has 2 aromatic carbocycles. The van der Waals surface area contributed by atoms with Crippen molar-refractivity contribution in [3.8, 4) is 5.69 Å². The van der Waals surface area contributed by atoms with Crippen LogP contribution in [0.15, 0.2) is 59.9 Å². The minimum Gasteiger partial charge on any atom is -0.293 e. The van der Waals surface area contributed by atoms with Crippen LogP contribution in [0.3, 0.4) is 0 Å². The van der Waals surface area contributed by atoms with Crippen LogP contribution >= 0.6 is 0 Å². The quantitative estimate of drug-likeness (QED) is 0.393. The summed E-state index contributed by atoms with van der Waals surface area (Å²) in [6, 6.07) is 11.9. The Morgan fingerprint density at radius 3 is 2.53 bits per heavy atom. The van der Waals surface area contributed by atoms with Gasteiger partial charge >= 0.3 is 0 Å². The third-order valence-corrected chi connectivity index (χ3v) is 8.49. The highest BCUT2D eigenvalue weighted by atomic mass is 32.2. The van der Waals surface area contributed by atoms with Crippen LogP contribution < -0.4 is 0 Å². The molecule has 3 heterocycles. The van der Waals surface area contributed by atoms with Gasteiger partial charge in [0.2, 0.25) is 0 Å². The van der Waals surface area contributed by atoms with Crippen molar-refractivity contribution in [2.45, 2.75) is 31.8 Å². The lowest BCUT2D eigenvalue weighted by Gasteiger charge is -2.42. The average molecular weight is 511 g/mol. The summed E-state index contributed by atoms with van der Waals surface area (Å²) in [4.78, 5) is 2.38. The first-order chi connectivity index (χ1) is 17.1. The summed E-state index contributed by atoms with van der Waals surface area (Å²) in [5, 5.41) is 9.74. The molecular formula is C26H31FN6O2S. The Hall–Kier alpha value is -3.08. The van der Waals surface area contributed by atoms with Gasteiger partial charge < -0.3 is 0 Å². The van der Waals surface area contributed by atoms with Gasteiger partial charge in [-0.2, -0.15) is 14.5 Å². The molecule has 5 rings (SSSR count). The van der Waals surface area contributed by atoms with Crippen molar-refractivity contribution >= 4 is 20.9 Å². The Kier molecular flexibility index (Phi) is 6.44. The minimum atomic E-state index is -3.70. The summed E-state index contributed by atoms with van der Waals surface area (Å²) in [5.41, 5.74) is 3.85. The standard InChI is InChI=1S/C26H31FN6O2S/c1-18(2)16-31-11-12-32(36(34,35)26-9-10-30(4)29-26)17-25(31)23-14-20-15-28-33(24(20)13-19(23)3)22-7-5-21(27)6-8-22/h5-10,13-15,18,25H,11-12,16-17H2,1-4H3. The molecule has 1 aliphatic heterocycles. The highest BCUT2D eigenvalue weighted by Gasteiger charge is 2.37. The first-order valence-corrected chi connectivity index (χ1v) is 13.6. The fraction of sp³-hybridized carbons (Fsp3) is 0.385. The Bertz CT molecular complexity index is 1490. The molecule has 1 unspecified atom stereocenters. The van der Waals surface area contributed by atoms with E-state index in [1.807, 2.05) is 0 Å². The van der Waals surface area contributed by atoms with Crippen molar-refractivity contribution < 1.29 is 12.8 Å². The van der Waals surface area contributed by atoms with Crippen LogP contribution in [-0.4, -0.2) is 63.4 Å². The molecule has 4 aromatic rings. The van der Waals surface area contributed by atoms with Crippen molar-refractivity contribution in [1.82, 2.24) is 28.8 Å². The summed E-state index contributed by atoms with van der Waals surface area (Å²) >= 11 is 0. The van der Waals surface area contributed by atoms with Crippen molar-refractivity contribution in [3.05, 3.63) is 71.8 Å². The molecule has 8 nitrogen and oxygen atoms in total. The molecule has 36 heavy (non-hydrogen) atoms. The van der Waals surface area contributed by atoms with E-state index in [4.69, 9.17) is 0 Å². The van der Waals surface area contributed by atoms with Crippen molar-refractivity contribution in [2.75, 3.05) is 26.2 Å². The highest BCUT2D eigenvalue weighted by molar-refractivity contribution is 7.89. The fourth-order valence-corrected chi connectivity index (χ4v) is 6.39. The van der Waals surface area contributed by atoms with E-state index in [1.54, 1.807) is 46.6 Å². The van der Waals surface area contributed by atoms with Crippen molar-refractivity contribution in [3.63, 3.8) is 0 Å². The zero-order chi connectivity index (χ0) is 25.6. The predicted octanol–water partition coefficient (Wildman–Crippen LogP) is 3.91. The molecule has 190 valence electrons. The number of piperazine rings is 1. The van der Waals surface area contributed by atoms with Gasteiger partial charge in [-0.05, 0) is 66.4 Å². The Labute approximate surface area is 211 Å². The summed E-state index contributed by atoms with van der Waals surface area (Å²) in [7, 11) is -1.98. The lowest BCUT2D eigenvalue weighted by molar-refractivity contribution is 0.105. The Balaban J connectivity index is 1.53. The zero-order valence-electron chi connectivity index (χ0n) is 21.0. The summed E-state index contributed by atoms with van der Waals surface area (Å²) < 4.78 is 45.1. The number of aryl methyl sites for hydroxylation is 2. The number of sulfonamides is 1. The molecule has 1 saturated heterocycles. The number of halogens is 1. The summed E-state index contributed by atoms with van der Waals surface area (Å²) in [5.74, 6) is 0.151. The number of hydrogen-bond acceptors (Lipinski definition) is 5. The van der Waals surface area contributed by atoms with Gasteiger partial charge in [0, 0.05) is 50.9 Å². The van der Waals surface area contributed by atoms with Gasteiger partial charge in [0.25, 0.3) is 10.0 Å². The van der Waals surface area contributed by atoms with Crippen LogP contribution in [0, 0.1) is 18.7 Å². The maximum absolute atomic E-state index is 13.4. The molecule has 0 amide bonds. The lowest BCUT2D eigenvalue weighted by atomic mass is 9.96. The van der Waals surface area contributed by atoms with Crippen LogP contribution in [-0.2, 0) is 17.1 Å². The van der Waals surface area contributed by atoms with E-state index < -0.39 is 10.0 Å². The minimum absolute atomic E-state index is 0.0776. The third kappa shape index (κ3) is 4.56. The van der Waals surface area contributed by atoms with E-state index in [9.17, 15) is 12.8 Å². The topological polar surface area (TPSA) is 76.3 Å². The molecule has 1 atom stereocenters. The normalized spacial score (nSPS) is 17.9. The average Bonchev–Trinajstić information content (AvgIpc) is 3.45. The zero-order valence-corrected chi connectivity index (χ0v) is 21.8. The lowest BCUT2D eigenvalue weighted by Crippen LogP contribution is -2.51. The van der Waals surface area contributed by atoms with Crippen LogP contribution in [0.4, 0.5) is 4.39 Å². The SMILES string of the molecule is Cc1cc2c(cnn2-c2ccc(F)cc2)cc1C1CN(S(=O)(=O)c2ccn(C)n2)CCN1CC(C)C. The van der Waals surface area contributed by atoms with Crippen molar-refractivity contribution in [1.29, 1.82) is 0 Å². The molecule has 0 radical (unpaired) electrons. The van der Waals surface area contributed by atoms with Gasteiger partial charge in [-0.15, -0.1) is 0 Å². The van der Waals surface area contributed by atoms with Crippen LogP contribution in [0.2, 0.25) is 0 Å². The van der Waals surface area contributed by atoms with Crippen LogP contribution in [0.1, 0.15) is 31.0 Å². The first-order valence-electron chi connectivity index (χ1n) is 12.1. The largest absolute Gasteiger partial charge is 0.293 e. The molecule has 0 aliphatic carbocycles. The van der Waals surface area contributed by atoms with E-state index in [0.717, 1.165) is 34.3 Å². The van der Waals surface area contributed by atoms with E-state index in [2.05, 4.69) is 48.0 Å². The molecule has 1 fully saturated rings. The van der Waals surface area contributed by atoms with Gasteiger partial charge in [0.05, 0.1) is 17.4 Å². The van der Waals surface area contributed by atoms with Gasteiger partial charge in [-0.1, -0.05) is 13.8 Å². The van der Waals surface area contributed by atoms with E-state index in [0.29, 0.717) is 25.6 Å². The van der Waals surface area contributed by atoms with Crippen molar-refractivity contribution in [2.24, 2.45) is 13.0 Å². The first kappa shape index (κ1) is 24.6. The highest BCUT2D eigenvalue weighted by Crippen LogP contribution is 2.34. The van der Waals surface area contributed by atoms with Crippen LogP contribution in [0.5, 0.6) is 0 Å². The van der Waals surface area contributed by atoms with Gasteiger partial charge in [-0.3, -0.25) is 9.58 Å². The number of nitrogens with zero attached hydrogens (tertiary/aromatic N) is 6. The number of fused-ring (bicyclic) bond motifs is 1. The monoisotopic (exact) mass is 510 g/mol. The number of rotatable bonds is 6. The second kappa shape index (κ2) is 9.42. The molecule has 0 bridgehead atoms. The molecule has 0 spiro atoms. The molecule has 1 aliphatic rings. The number of benzene rings is 2. The van der Waals surface area contributed by atoms with E-state index in [-0.39, 0.29) is 16.9 Å². The predicted molar refractivity (Wildman–Crippen MR) is 137 cm³/mol. The van der Waals surface area contributed by atoms with Crippen LogP contribution in [0.25, 0.3) is 16.6 Å². The van der Waals surface area contributed by atoms with Gasteiger partial charge in [-0.25, -0.2) is 17.5 Å². The van der Waals surface area contributed by atoms with E-state index >= 15 is 0 Å². The molecule has 10 heteroatoms. The van der Waals surface area contributed by atoms with Gasteiger partial charge in [0.1, 0.15) is 5.82 Å². The maximum atomic E-state index is 13.4. The number of hydrogen-bond donors (Lipinski definition) is 0. The Morgan fingerprint density at radius 2 is 1.86 bits per heavy atom. The maximum Gasteiger partial charge on any atom is 0.262 e. The summed E-state index contributed by atoms with van der Waals surface area (Å²) in [6.45, 7) is 8.69. The second-order valence-electron chi connectivity index (χ2n) is 9.90. The molecule has 2 aromatic heterocycles. The Morgan fingerprint density at radius 1 is 1.11 bits per heavy atom.